The molecule has 0 aromatic carbocycles. The first-order valence-electron chi connectivity index (χ1n) is 6.28. The first-order chi connectivity index (χ1) is 9.67. The Hall–Kier alpha value is -1.96. The van der Waals surface area contributed by atoms with Gasteiger partial charge in [0.25, 0.3) is 5.72 Å². The monoisotopic (exact) mass is 301 g/mol. The number of rotatable bonds is 2. The van der Waals surface area contributed by atoms with Crippen LogP contribution in [0.3, 0.4) is 0 Å². The van der Waals surface area contributed by atoms with Gasteiger partial charge in [-0.15, -0.1) is 0 Å². The van der Waals surface area contributed by atoms with E-state index in [1.165, 1.54) is 38.4 Å². The molecule has 1 aliphatic rings. The van der Waals surface area contributed by atoms with Crippen LogP contribution in [-0.2, 0) is 4.79 Å². The third-order valence-corrected chi connectivity index (χ3v) is 3.16. The quantitative estimate of drug-likeness (QED) is 0.907. The maximum Gasteiger partial charge on any atom is 0.438 e. The summed E-state index contributed by atoms with van der Waals surface area (Å²) in [5.41, 5.74) is -2.94. The summed E-state index contributed by atoms with van der Waals surface area (Å²) >= 11 is 0. The van der Waals surface area contributed by atoms with E-state index in [0.29, 0.717) is 5.56 Å². The average Bonchev–Trinajstić information content (AvgIpc) is 2.78. The summed E-state index contributed by atoms with van der Waals surface area (Å²) in [6.07, 6.45) is -3.01. The zero-order chi connectivity index (χ0) is 15.8. The first kappa shape index (κ1) is 15.4. The van der Waals surface area contributed by atoms with Gasteiger partial charge in [-0.1, -0.05) is 13.8 Å². The Bertz CT molecular complexity index is 572. The van der Waals surface area contributed by atoms with Crippen molar-refractivity contribution in [2.24, 2.45) is 11.0 Å². The molecule has 5 nitrogen and oxygen atoms in total. The smallest absolute Gasteiger partial charge is 0.362 e. The van der Waals surface area contributed by atoms with Crippen LogP contribution in [-0.4, -0.2) is 38.6 Å². The number of nitrogens with zero attached hydrogens (tertiary/aromatic N) is 3. The van der Waals surface area contributed by atoms with Crippen LogP contribution in [0.25, 0.3) is 0 Å². The van der Waals surface area contributed by atoms with Crippen LogP contribution in [0.15, 0.2) is 29.6 Å². The molecule has 0 bridgehead atoms. The fraction of sp³-hybridized carbons (Fsp3) is 0.462. The lowest BCUT2D eigenvalue weighted by Gasteiger charge is -2.33. The van der Waals surface area contributed by atoms with Crippen molar-refractivity contribution < 1.29 is 23.1 Å². The number of hydrazone groups is 1. The highest BCUT2D eigenvalue weighted by atomic mass is 19.4. The number of hydrogen-bond donors (Lipinski definition) is 1. The molecule has 0 fully saturated rings. The zero-order valence-corrected chi connectivity index (χ0v) is 11.4. The molecule has 1 aliphatic heterocycles. The Morgan fingerprint density at radius 2 is 1.95 bits per heavy atom. The molecular formula is C13H14F3N3O2. The van der Waals surface area contributed by atoms with Crippen LogP contribution >= 0.6 is 0 Å². The maximum absolute atomic E-state index is 13.2. The lowest BCUT2D eigenvalue weighted by molar-refractivity contribution is -0.303. The zero-order valence-electron chi connectivity index (χ0n) is 11.4. The van der Waals surface area contributed by atoms with Gasteiger partial charge in [0.05, 0.1) is 12.1 Å². The number of halogens is 3. The Morgan fingerprint density at radius 3 is 2.43 bits per heavy atom. The number of aromatic nitrogens is 1. The molecule has 2 heterocycles. The Kier molecular flexibility index (Phi) is 3.75. The summed E-state index contributed by atoms with van der Waals surface area (Å²) in [6.45, 7) is 2.89. The van der Waals surface area contributed by atoms with Crippen molar-refractivity contribution in [1.82, 2.24) is 9.99 Å². The van der Waals surface area contributed by atoms with Gasteiger partial charge in [0.1, 0.15) is 0 Å². The lowest BCUT2D eigenvalue weighted by Crippen LogP contribution is -2.57. The van der Waals surface area contributed by atoms with Gasteiger partial charge in [-0.05, 0) is 12.1 Å². The highest BCUT2D eigenvalue weighted by Crippen LogP contribution is 2.41. The van der Waals surface area contributed by atoms with Crippen molar-refractivity contribution in [1.29, 1.82) is 0 Å². The van der Waals surface area contributed by atoms with Crippen molar-refractivity contribution in [3.8, 4) is 0 Å². The highest BCUT2D eigenvalue weighted by Gasteiger charge is 2.63. The van der Waals surface area contributed by atoms with Crippen LogP contribution in [0.2, 0.25) is 0 Å². The van der Waals surface area contributed by atoms with Crippen molar-refractivity contribution in [3.05, 3.63) is 30.1 Å². The lowest BCUT2D eigenvalue weighted by atomic mass is 10.0. The molecule has 1 aromatic heterocycles. The molecule has 1 aromatic rings. The number of aliphatic hydroxyl groups is 1. The molecule has 0 radical (unpaired) electrons. The highest BCUT2D eigenvalue weighted by molar-refractivity contribution is 6.03. The van der Waals surface area contributed by atoms with E-state index in [1.54, 1.807) is 0 Å². The fourth-order valence-corrected chi connectivity index (χ4v) is 1.95. The summed E-state index contributed by atoms with van der Waals surface area (Å²) in [5.74, 6) is -1.61. The second-order valence-electron chi connectivity index (χ2n) is 5.08. The van der Waals surface area contributed by atoms with E-state index >= 15 is 0 Å². The van der Waals surface area contributed by atoms with Gasteiger partial charge >= 0.3 is 6.18 Å². The predicted molar refractivity (Wildman–Crippen MR) is 68.1 cm³/mol. The molecule has 21 heavy (non-hydrogen) atoms. The standard InChI is InChI=1S/C13H14F3N3O2/c1-8(2)11(20)19-12(21,13(14,15)16)7-10(18-19)9-3-5-17-6-4-9/h3-6,8,21H,7H2,1-2H3/t12-/m1/s1. The summed E-state index contributed by atoms with van der Waals surface area (Å²) in [5, 5.41) is 13.8. The van der Waals surface area contributed by atoms with Gasteiger partial charge < -0.3 is 5.11 Å². The summed E-state index contributed by atoms with van der Waals surface area (Å²) in [4.78, 5) is 15.7. The van der Waals surface area contributed by atoms with E-state index in [9.17, 15) is 23.1 Å². The minimum absolute atomic E-state index is 0.00812. The third kappa shape index (κ3) is 2.63. The molecule has 114 valence electrons. The molecule has 1 amide bonds. The molecule has 0 aliphatic carbocycles. The first-order valence-corrected chi connectivity index (χ1v) is 6.28. The maximum atomic E-state index is 13.2. The number of pyridine rings is 1. The molecular weight excluding hydrogens is 287 g/mol. The van der Waals surface area contributed by atoms with E-state index in [-0.39, 0.29) is 10.7 Å². The molecule has 0 unspecified atom stereocenters. The van der Waals surface area contributed by atoms with Gasteiger partial charge in [-0.25, -0.2) is 0 Å². The van der Waals surface area contributed by atoms with Gasteiger partial charge in [0.2, 0.25) is 5.91 Å². The number of carbonyl (C=O) groups excluding carboxylic acids is 1. The van der Waals surface area contributed by atoms with Gasteiger partial charge in [0.15, 0.2) is 0 Å². The van der Waals surface area contributed by atoms with E-state index in [1.807, 2.05) is 0 Å². The number of alkyl halides is 3. The number of hydrogen-bond acceptors (Lipinski definition) is 4. The Labute approximate surface area is 119 Å². The van der Waals surface area contributed by atoms with E-state index in [0.717, 1.165) is 0 Å². The molecule has 0 saturated carbocycles. The fourth-order valence-electron chi connectivity index (χ4n) is 1.95. The Morgan fingerprint density at radius 1 is 1.38 bits per heavy atom. The van der Waals surface area contributed by atoms with Crippen LogP contribution < -0.4 is 0 Å². The minimum Gasteiger partial charge on any atom is -0.362 e. The molecule has 0 saturated heterocycles. The van der Waals surface area contributed by atoms with Crippen molar-refractivity contribution in [2.75, 3.05) is 0 Å². The number of carbonyl (C=O) groups is 1. The average molecular weight is 301 g/mol. The van der Waals surface area contributed by atoms with E-state index in [4.69, 9.17) is 0 Å². The van der Waals surface area contributed by atoms with Crippen LogP contribution in [0.5, 0.6) is 0 Å². The second-order valence-corrected chi connectivity index (χ2v) is 5.08. The van der Waals surface area contributed by atoms with E-state index in [2.05, 4.69) is 10.1 Å². The molecule has 8 heteroatoms. The normalized spacial score (nSPS) is 22.6. The third-order valence-electron chi connectivity index (χ3n) is 3.16. The molecule has 1 atom stereocenters. The predicted octanol–water partition coefficient (Wildman–Crippen LogP) is 1.92. The second kappa shape index (κ2) is 5.10. The minimum atomic E-state index is -5.00. The SMILES string of the molecule is CC(C)C(=O)N1N=C(c2ccncc2)C[C@@]1(O)C(F)(F)F. The number of amides is 1. The molecule has 1 N–H and O–H groups in total. The van der Waals surface area contributed by atoms with Crippen LogP contribution in [0.4, 0.5) is 13.2 Å². The van der Waals surface area contributed by atoms with Gasteiger partial charge in [0, 0.05) is 23.9 Å². The topological polar surface area (TPSA) is 65.8 Å². The van der Waals surface area contributed by atoms with Crippen molar-refractivity contribution in [3.63, 3.8) is 0 Å². The van der Waals surface area contributed by atoms with Crippen LogP contribution in [0, 0.1) is 5.92 Å². The van der Waals surface area contributed by atoms with Gasteiger partial charge in [-0.3, -0.25) is 9.78 Å². The largest absolute Gasteiger partial charge is 0.438 e. The van der Waals surface area contributed by atoms with Gasteiger partial charge in [-0.2, -0.15) is 23.3 Å². The van der Waals surface area contributed by atoms with Crippen molar-refractivity contribution >= 4 is 11.6 Å². The molecule has 0 spiro atoms. The summed E-state index contributed by atoms with van der Waals surface area (Å²) < 4.78 is 39.5. The Balaban J connectivity index is 2.45. The van der Waals surface area contributed by atoms with Crippen molar-refractivity contribution in [2.45, 2.75) is 32.2 Å². The summed E-state index contributed by atoms with van der Waals surface area (Å²) in [7, 11) is 0. The van der Waals surface area contributed by atoms with E-state index < -0.39 is 30.1 Å². The van der Waals surface area contributed by atoms with Crippen LogP contribution in [0.1, 0.15) is 25.8 Å². The summed E-state index contributed by atoms with van der Waals surface area (Å²) in [6, 6.07) is 2.94. The molecule has 2 rings (SSSR count).